The average molecular weight is 283 g/mol. The van der Waals surface area contributed by atoms with Gasteiger partial charge in [0, 0.05) is 18.0 Å². The van der Waals surface area contributed by atoms with Crippen LogP contribution in [-0.4, -0.2) is 29.2 Å². The molecule has 0 spiro atoms. The quantitative estimate of drug-likeness (QED) is 0.795. The summed E-state index contributed by atoms with van der Waals surface area (Å²) in [7, 11) is 3.14. The molecule has 3 aromatic rings. The number of nitrogens with zero attached hydrogens (tertiary/aromatic N) is 2. The fraction of sp³-hybridized carbons (Fsp3) is 0.133. The molecule has 21 heavy (non-hydrogen) atoms. The zero-order valence-corrected chi connectivity index (χ0v) is 11.6. The van der Waals surface area contributed by atoms with Crippen molar-refractivity contribution in [3.63, 3.8) is 0 Å². The van der Waals surface area contributed by atoms with Crippen molar-refractivity contribution in [1.82, 2.24) is 15.0 Å². The largest absolute Gasteiger partial charge is 0.493 e. The van der Waals surface area contributed by atoms with Crippen LogP contribution in [0.5, 0.6) is 11.5 Å². The molecule has 0 saturated carbocycles. The number of aromatic nitrogens is 3. The number of hydrogen-bond donors (Lipinski definition) is 1. The first-order chi connectivity index (χ1) is 10.2. The Balaban J connectivity index is 2.18. The summed E-state index contributed by atoms with van der Waals surface area (Å²) in [5, 5.41) is 0. The van der Waals surface area contributed by atoms with Crippen molar-refractivity contribution < 1.29 is 9.47 Å². The minimum Gasteiger partial charge on any atom is -0.493 e. The van der Waals surface area contributed by atoms with Crippen molar-refractivity contribution in [2.24, 2.45) is 0 Å². The smallest absolute Gasteiger partial charge is 0.276 e. The molecule has 6 heteroatoms. The second-order valence-corrected chi connectivity index (χ2v) is 4.37. The Morgan fingerprint density at radius 3 is 2.52 bits per heavy atom. The van der Waals surface area contributed by atoms with Gasteiger partial charge in [0.1, 0.15) is 0 Å². The van der Waals surface area contributed by atoms with Gasteiger partial charge in [-0.1, -0.05) is 0 Å². The Bertz CT molecular complexity index is 858. The van der Waals surface area contributed by atoms with E-state index in [0.29, 0.717) is 28.2 Å². The molecule has 0 fully saturated rings. The molecule has 0 aliphatic carbocycles. The van der Waals surface area contributed by atoms with Crippen LogP contribution < -0.4 is 15.0 Å². The highest BCUT2D eigenvalue weighted by atomic mass is 16.5. The molecule has 0 atom stereocenters. The van der Waals surface area contributed by atoms with E-state index in [1.807, 2.05) is 6.07 Å². The number of fused-ring (bicyclic) bond motifs is 1. The molecule has 2 aromatic heterocycles. The number of H-pyrrole nitrogens is 1. The van der Waals surface area contributed by atoms with Crippen molar-refractivity contribution in [2.75, 3.05) is 14.2 Å². The lowest BCUT2D eigenvalue weighted by Gasteiger charge is -2.09. The molecule has 0 aliphatic rings. The van der Waals surface area contributed by atoms with Crippen LogP contribution in [0, 0.1) is 0 Å². The number of benzene rings is 1. The van der Waals surface area contributed by atoms with Gasteiger partial charge in [-0.3, -0.25) is 9.78 Å². The predicted octanol–water partition coefficient (Wildman–Crippen LogP) is 2.00. The number of aromatic amines is 1. The number of methoxy groups -OCH3 is 2. The Labute approximate surface area is 120 Å². The minimum absolute atomic E-state index is 0.273. The maximum Gasteiger partial charge on any atom is 0.276 e. The number of nitrogens with one attached hydrogen (secondary N) is 1. The summed E-state index contributed by atoms with van der Waals surface area (Å²) >= 11 is 0. The molecular weight excluding hydrogens is 270 g/mol. The van der Waals surface area contributed by atoms with Crippen LogP contribution >= 0.6 is 0 Å². The van der Waals surface area contributed by atoms with E-state index in [-0.39, 0.29) is 5.56 Å². The summed E-state index contributed by atoms with van der Waals surface area (Å²) in [5.74, 6) is 1.22. The van der Waals surface area contributed by atoms with Crippen LogP contribution in [0.15, 0.2) is 41.5 Å². The fourth-order valence-electron chi connectivity index (χ4n) is 2.14. The van der Waals surface area contributed by atoms with Crippen molar-refractivity contribution in [1.29, 1.82) is 0 Å². The first-order valence-corrected chi connectivity index (χ1v) is 6.29. The third kappa shape index (κ3) is 2.31. The first kappa shape index (κ1) is 13.1. The normalized spacial score (nSPS) is 10.6. The molecule has 1 aromatic carbocycles. The van der Waals surface area contributed by atoms with Gasteiger partial charge in [0.15, 0.2) is 17.0 Å². The van der Waals surface area contributed by atoms with E-state index in [1.54, 1.807) is 38.6 Å². The van der Waals surface area contributed by atoms with Crippen LogP contribution in [0.4, 0.5) is 0 Å². The topological polar surface area (TPSA) is 77.1 Å². The summed E-state index contributed by atoms with van der Waals surface area (Å²) in [5.41, 5.74) is 2.05. The van der Waals surface area contributed by atoms with Crippen LogP contribution in [0.1, 0.15) is 0 Å². The Morgan fingerprint density at radius 2 is 1.76 bits per heavy atom. The van der Waals surface area contributed by atoms with Crippen LogP contribution in [0.3, 0.4) is 0 Å². The Kier molecular flexibility index (Phi) is 3.27. The lowest BCUT2D eigenvalue weighted by molar-refractivity contribution is 0.355. The zero-order chi connectivity index (χ0) is 14.8. The minimum atomic E-state index is -0.273. The SMILES string of the molecule is COc1ccc(-c2cc3nccnc3c(=O)[nH]2)cc1OC. The highest BCUT2D eigenvalue weighted by molar-refractivity contribution is 5.78. The average Bonchev–Trinajstić information content (AvgIpc) is 2.54. The van der Waals surface area contributed by atoms with Gasteiger partial charge in [-0.15, -0.1) is 0 Å². The Hall–Kier alpha value is -2.89. The van der Waals surface area contributed by atoms with Crippen molar-refractivity contribution >= 4 is 11.0 Å². The van der Waals surface area contributed by atoms with Gasteiger partial charge >= 0.3 is 0 Å². The second-order valence-electron chi connectivity index (χ2n) is 4.37. The highest BCUT2D eigenvalue weighted by Crippen LogP contribution is 2.31. The van der Waals surface area contributed by atoms with Crippen LogP contribution in [-0.2, 0) is 0 Å². The second kappa shape index (κ2) is 5.24. The first-order valence-electron chi connectivity index (χ1n) is 6.29. The standard InChI is InChI=1S/C15H13N3O3/c1-20-12-4-3-9(7-13(12)21-2)10-8-11-14(15(19)18-10)17-6-5-16-11/h3-8H,1-2H3,(H,18,19). The number of hydrogen-bond acceptors (Lipinski definition) is 5. The van der Waals surface area contributed by atoms with Crippen molar-refractivity contribution in [3.8, 4) is 22.8 Å². The molecule has 0 bridgehead atoms. The maximum atomic E-state index is 12.0. The molecule has 1 N–H and O–H groups in total. The summed E-state index contributed by atoms with van der Waals surface area (Å²) < 4.78 is 10.5. The molecule has 0 saturated heterocycles. The van der Waals surface area contributed by atoms with Crippen LogP contribution in [0.25, 0.3) is 22.3 Å². The molecule has 3 rings (SSSR count). The summed E-state index contributed by atoms with van der Waals surface area (Å²) in [4.78, 5) is 23.0. The number of ether oxygens (including phenoxy) is 2. The van der Waals surface area contributed by atoms with Gasteiger partial charge in [-0.2, -0.15) is 0 Å². The van der Waals surface area contributed by atoms with E-state index in [0.717, 1.165) is 5.56 Å². The molecule has 6 nitrogen and oxygen atoms in total. The third-order valence-electron chi connectivity index (χ3n) is 3.17. The van der Waals surface area contributed by atoms with Crippen LogP contribution in [0.2, 0.25) is 0 Å². The molecule has 0 aliphatic heterocycles. The van der Waals surface area contributed by atoms with E-state index in [9.17, 15) is 4.79 Å². The summed E-state index contributed by atoms with van der Waals surface area (Å²) in [6, 6.07) is 7.21. The number of rotatable bonds is 3. The summed E-state index contributed by atoms with van der Waals surface area (Å²) in [6.07, 6.45) is 3.05. The van der Waals surface area contributed by atoms with Gasteiger partial charge in [0.05, 0.1) is 25.4 Å². The van der Waals surface area contributed by atoms with Crippen molar-refractivity contribution in [3.05, 3.63) is 47.0 Å². The molecule has 0 unspecified atom stereocenters. The van der Waals surface area contributed by atoms with E-state index in [2.05, 4.69) is 15.0 Å². The monoisotopic (exact) mass is 283 g/mol. The number of pyridine rings is 1. The van der Waals surface area contributed by atoms with E-state index < -0.39 is 0 Å². The van der Waals surface area contributed by atoms with E-state index in [1.165, 1.54) is 6.20 Å². The highest BCUT2D eigenvalue weighted by Gasteiger charge is 2.09. The zero-order valence-electron chi connectivity index (χ0n) is 11.6. The predicted molar refractivity (Wildman–Crippen MR) is 78.7 cm³/mol. The van der Waals surface area contributed by atoms with Gasteiger partial charge in [0.25, 0.3) is 5.56 Å². The van der Waals surface area contributed by atoms with E-state index in [4.69, 9.17) is 9.47 Å². The summed E-state index contributed by atoms with van der Waals surface area (Å²) in [6.45, 7) is 0. The van der Waals surface area contributed by atoms with Crippen molar-refractivity contribution in [2.45, 2.75) is 0 Å². The Morgan fingerprint density at radius 1 is 1.00 bits per heavy atom. The van der Waals surface area contributed by atoms with E-state index >= 15 is 0 Å². The lowest BCUT2D eigenvalue weighted by atomic mass is 10.1. The van der Waals surface area contributed by atoms with Gasteiger partial charge in [-0.25, -0.2) is 4.98 Å². The van der Waals surface area contributed by atoms with Gasteiger partial charge < -0.3 is 14.5 Å². The molecule has 106 valence electrons. The molecule has 0 radical (unpaired) electrons. The van der Waals surface area contributed by atoms with Gasteiger partial charge in [-0.05, 0) is 24.3 Å². The fourth-order valence-corrected chi connectivity index (χ4v) is 2.14. The third-order valence-corrected chi connectivity index (χ3v) is 3.17. The lowest BCUT2D eigenvalue weighted by Crippen LogP contribution is -2.09. The molecule has 2 heterocycles. The maximum absolute atomic E-state index is 12.0. The molecular formula is C15H13N3O3. The molecule has 0 amide bonds. The van der Waals surface area contributed by atoms with Gasteiger partial charge in [0.2, 0.25) is 0 Å².